The van der Waals surface area contributed by atoms with Gasteiger partial charge in [-0.05, 0) is 30.7 Å². The smallest absolute Gasteiger partial charge is 0.271 e. The van der Waals surface area contributed by atoms with Gasteiger partial charge in [-0.1, -0.05) is 11.6 Å². The maximum atomic E-state index is 12.8. The minimum absolute atomic E-state index is 0.114. The number of rotatable bonds is 5. The van der Waals surface area contributed by atoms with Crippen LogP contribution in [0.15, 0.2) is 30.6 Å². The molecule has 2 aromatic heterocycles. The molecule has 0 bridgehead atoms. The fraction of sp³-hybridized carbons (Fsp3) is 0.250. The van der Waals surface area contributed by atoms with Crippen LogP contribution in [0.3, 0.4) is 0 Å². The van der Waals surface area contributed by atoms with Gasteiger partial charge in [-0.25, -0.2) is 4.98 Å². The van der Waals surface area contributed by atoms with Crippen LogP contribution >= 0.6 is 11.6 Å². The quantitative estimate of drug-likeness (QED) is 0.671. The monoisotopic (exact) mass is 332 g/mol. The van der Waals surface area contributed by atoms with Crippen molar-refractivity contribution < 1.29 is 9.90 Å². The number of benzene rings is 1. The van der Waals surface area contributed by atoms with Crippen LogP contribution in [0, 0.1) is 6.92 Å². The van der Waals surface area contributed by atoms with Crippen molar-refractivity contribution in [3.63, 3.8) is 0 Å². The number of carbonyl (C=O) groups excluding carboxylic acids is 1. The number of aliphatic hydroxyl groups is 1. The van der Waals surface area contributed by atoms with E-state index in [0.717, 1.165) is 16.5 Å². The molecule has 3 N–H and O–H groups in total. The van der Waals surface area contributed by atoms with E-state index in [4.69, 9.17) is 11.6 Å². The highest BCUT2D eigenvalue weighted by Gasteiger charge is 2.21. The number of aromatic nitrogens is 3. The zero-order valence-corrected chi connectivity index (χ0v) is 13.4. The molecule has 3 rings (SSSR count). The van der Waals surface area contributed by atoms with Gasteiger partial charge in [-0.15, -0.1) is 0 Å². The molecule has 0 radical (unpaired) electrons. The van der Waals surface area contributed by atoms with E-state index in [1.807, 2.05) is 19.1 Å². The van der Waals surface area contributed by atoms with Crippen LogP contribution in [0.1, 0.15) is 21.9 Å². The van der Waals surface area contributed by atoms with Gasteiger partial charge < -0.3 is 20.0 Å². The largest absolute Gasteiger partial charge is 0.395 e. The van der Waals surface area contributed by atoms with Gasteiger partial charge in [-0.3, -0.25) is 4.79 Å². The molecule has 0 fully saturated rings. The molecule has 0 aliphatic rings. The Hall–Kier alpha value is -2.31. The molecular formula is C16H17ClN4O2. The summed E-state index contributed by atoms with van der Waals surface area (Å²) in [5, 5.41) is 10.8. The third kappa shape index (κ3) is 3.09. The highest BCUT2D eigenvalue weighted by Crippen LogP contribution is 2.26. The van der Waals surface area contributed by atoms with E-state index in [-0.39, 0.29) is 19.1 Å². The number of aromatic amines is 2. The van der Waals surface area contributed by atoms with Crippen molar-refractivity contribution in [3.05, 3.63) is 52.7 Å². The fourth-order valence-corrected chi connectivity index (χ4v) is 2.78. The Morgan fingerprint density at radius 3 is 2.96 bits per heavy atom. The van der Waals surface area contributed by atoms with Crippen molar-refractivity contribution in [1.82, 2.24) is 19.9 Å². The zero-order valence-electron chi connectivity index (χ0n) is 12.6. The number of amides is 1. The Bertz CT molecular complexity index is 826. The van der Waals surface area contributed by atoms with Gasteiger partial charge in [0.25, 0.3) is 5.91 Å². The first-order valence-corrected chi connectivity index (χ1v) is 7.64. The average molecular weight is 333 g/mol. The molecule has 1 amide bonds. The lowest BCUT2D eigenvalue weighted by atomic mass is 10.1. The minimum Gasteiger partial charge on any atom is -0.395 e. The second-order valence-electron chi connectivity index (χ2n) is 5.30. The summed E-state index contributed by atoms with van der Waals surface area (Å²) >= 11 is 6.03. The number of hydrogen-bond acceptors (Lipinski definition) is 3. The summed E-state index contributed by atoms with van der Waals surface area (Å²) in [4.78, 5) is 24.6. The van der Waals surface area contributed by atoms with Gasteiger partial charge in [0, 0.05) is 34.9 Å². The molecule has 23 heavy (non-hydrogen) atoms. The third-order valence-electron chi connectivity index (χ3n) is 3.79. The van der Waals surface area contributed by atoms with Crippen molar-refractivity contribution >= 4 is 28.4 Å². The predicted molar refractivity (Wildman–Crippen MR) is 88.5 cm³/mol. The molecule has 120 valence electrons. The molecule has 0 atom stereocenters. The number of fused-ring (bicyclic) bond motifs is 1. The summed E-state index contributed by atoms with van der Waals surface area (Å²) in [7, 11) is 0. The first kappa shape index (κ1) is 15.6. The molecule has 0 saturated carbocycles. The Labute approximate surface area is 138 Å². The number of nitrogens with zero attached hydrogens (tertiary/aromatic N) is 2. The molecule has 7 heteroatoms. The van der Waals surface area contributed by atoms with E-state index in [1.165, 1.54) is 0 Å². The normalized spacial score (nSPS) is 11.1. The Morgan fingerprint density at radius 2 is 2.26 bits per heavy atom. The summed E-state index contributed by atoms with van der Waals surface area (Å²) in [6.45, 7) is 2.31. The fourth-order valence-electron chi connectivity index (χ4n) is 2.61. The number of halogens is 1. The number of imidazole rings is 1. The van der Waals surface area contributed by atoms with Crippen LogP contribution in [0.25, 0.3) is 10.9 Å². The van der Waals surface area contributed by atoms with Gasteiger partial charge in [0.15, 0.2) is 0 Å². The second kappa shape index (κ2) is 6.44. The van der Waals surface area contributed by atoms with Crippen LogP contribution in [0.5, 0.6) is 0 Å². The van der Waals surface area contributed by atoms with Crippen molar-refractivity contribution in [2.75, 3.05) is 13.2 Å². The van der Waals surface area contributed by atoms with Crippen LogP contribution < -0.4 is 0 Å². The van der Waals surface area contributed by atoms with Gasteiger partial charge in [0.05, 0.1) is 13.2 Å². The van der Waals surface area contributed by atoms with Crippen molar-refractivity contribution in [2.24, 2.45) is 0 Å². The van der Waals surface area contributed by atoms with E-state index in [2.05, 4.69) is 15.0 Å². The molecule has 0 unspecified atom stereocenters. The van der Waals surface area contributed by atoms with Gasteiger partial charge >= 0.3 is 0 Å². The summed E-state index contributed by atoms with van der Waals surface area (Å²) in [6.07, 6.45) is 3.33. The number of nitrogens with one attached hydrogen (secondary N) is 2. The summed E-state index contributed by atoms with van der Waals surface area (Å²) in [6, 6.07) is 5.47. The van der Waals surface area contributed by atoms with Gasteiger partial charge in [0.1, 0.15) is 11.5 Å². The molecule has 0 saturated heterocycles. The molecule has 6 nitrogen and oxygen atoms in total. The number of hydrogen-bond donors (Lipinski definition) is 3. The SMILES string of the molecule is Cc1c(C(=O)N(CCO)Cc2ncc[nH]2)[nH]c2ccc(Cl)cc12. The van der Waals surface area contributed by atoms with E-state index >= 15 is 0 Å². The number of carbonyl (C=O) groups is 1. The Balaban J connectivity index is 1.94. The van der Waals surface area contributed by atoms with Crippen molar-refractivity contribution in [2.45, 2.75) is 13.5 Å². The molecule has 1 aromatic carbocycles. The second-order valence-corrected chi connectivity index (χ2v) is 5.74. The Kier molecular flexibility index (Phi) is 4.36. The molecule has 0 aliphatic carbocycles. The van der Waals surface area contributed by atoms with E-state index in [9.17, 15) is 9.90 Å². The lowest BCUT2D eigenvalue weighted by Crippen LogP contribution is -2.34. The van der Waals surface area contributed by atoms with Crippen LogP contribution in [0.4, 0.5) is 0 Å². The van der Waals surface area contributed by atoms with E-state index < -0.39 is 0 Å². The van der Waals surface area contributed by atoms with E-state index in [1.54, 1.807) is 23.4 Å². The average Bonchev–Trinajstić information content (AvgIpc) is 3.15. The van der Waals surface area contributed by atoms with Crippen molar-refractivity contribution in [3.8, 4) is 0 Å². The maximum Gasteiger partial charge on any atom is 0.271 e. The van der Waals surface area contributed by atoms with Crippen LogP contribution in [0.2, 0.25) is 5.02 Å². The summed E-state index contributed by atoms with van der Waals surface area (Å²) in [5.41, 5.74) is 2.20. The topological polar surface area (TPSA) is 85.0 Å². The van der Waals surface area contributed by atoms with Gasteiger partial charge in [0.2, 0.25) is 0 Å². The molecule has 2 heterocycles. The molecule has 3 aromatic rings. The molecule has 0 aliphatic heterocycles. The first-order valence-electron chi connectivity index (χ1n) is 7.26. The standard InChI is InChI=1S/C16H17ClN4O2/c1-10-12-8-11(17)2-3-13(12)20-15(10)16(23)21(6-7-22)9-14-18-4-5-19-14/h2-5,8,20,22H,6-7,9H2,1H3,(H,18,19). The highest BCUT2D eigenvalue weighted by molar-refractivity contribution is 6.31. The summed E-state index contributed by atoms with van der Waals surface area (Å²) in [5.74, 6) is 0.490. The maximum absolute atomic E-state index is 12.8. The predicted octanol–water partition coefficient (Wildman–Crippen LogP) is 2.49. The summed E-state index contributed by atoms with van der Waals surface area (Å²) < 4.78 is 0. The zero-order chi connectivity index (χ0) is 16.4. The number of aliphatic hydroxyl groups excluding tert-OH is 1. The van der Waals surface area contributed by atoms with Gasteiger partial charge in [-0.2, -0.15) is 0 Å². The molecular weight excluding hydrogens is 316 g/mol. The van der Waals surface area contributed by atoms with Crippen LogP contribution in [-0.4, -0.2) is 44.0 Å². The first-order chi connectivity index (χ1) is 11.1. The lowest BCUT2D eigenvalue weighted by molar-refractivity contribution is 0.0697. The minimum atomic E-state index is -0.180. The van der Waals surface area contributed by atoms with E-state index in [0.29, 0.717) is 23.1 Å². The number of H-pyrrole nitrogens is 2. The third-order valence-corrected chi connectivity index (χ3v) is 4.02. The number of aryl methyl sites for hydroxylation is 1. The van der Waals surface area contributed by atoms with Crippen molar-refractivity contribution in [1.29, 1.82) is 0 Å². The lowest BCUT2D eigenvalue weighted by Gasteiger charge is -2.20. The molecule has 0 spiro atoms. The van der Waals surface area contributed by atoms with Crippen LogP contribution in [-0.2, 0) is 6.54 Å². The Morgan fingerprint density at radius 1 is 1.43 bits per heavy atom. The highest BCUT2D eigenvalue weighted by atomic mass is 35.5.